The number of carbonyl (C=O) groups is 2. The average molecular weight is 447 g/mol. The number of hydrogen-bond donors (Lipinski definition) is 2. The first-order chi connectivity index (χ1) is 16.0. The van der Waals surface area contributed by atoms with E-state index in [0.29, 0.717) is 43.2 Å². The summed E-state index contributed by atoms with van der Waals surface area (Å²) in [6, 6.07) is 17.4. The van der Waals surface area contributed by atoms with Crippen molar-refractivity contribution in [2.24, 2.45) is 5.73 Å². The molecule has 1 saturated heterocycles. The van der Waals surface area contributed by atoms with Crippen LogP contribution in [0, 0.1) is 0 Å². The lowest BCUT2D eigenvalue weighted by molar-refractivity contribution is -0.132. The molecule has 3 N–H and O–H groups in total. The van der Waals surface area contributed by atoms with E-state index in [1.165, 1.54) is 0 Å². The van der Waals surface area contributed by atoms with Crippen LogP contribution in [0.1, 0.15) is 54.0 Å². The molecule has 7 heteroatoms. The quantitative estimate of drug-likeness (QED) is 0.548. The molecule has 4 rings (SSSR count). The molecule has 7 nitrogen and oxygen atoms in total. The van der Waals surface area contributed by atoms with Crippen LogP contribution in [0.3, 0.4) is 0 Å². The number of piperidine rings is 1. The maximum Gasteiger partial charge on any atom is 0.267 e. The Labute approximate surface area is 194 Å². The number of primary amides is 1. The van der Waals surface area contributed by atoms with Crippen molar-refractivity contribution < 1.29 is 14.3 Å². The molecular formula is C26H30N4O3. The topological polar surface area (TPSA) is 101 Å². The zero-order valence-corrected chi connectivity index (χ0v) is 18.9. The van der Waals surface area contributed by atoms with Gasteiger partial charge < -0.3 is 20.4 Å². The summed E-state index contributed by atoms with van der Waals surface area (Å²) in [6.07, 6.45) is 2.95. The second-order valence-corrected chi connectivity index (χ2v) is 8.33. The minimum absolute atomic E-state index is 0.0451. The number of amides is 2. The molecule has 0 spiro atoms. The number of benzene rings is 2. The van der Waals surface area contributed by atoms with Gasteiger partial charge in [0.2, 0.25) is 5.91 Å². The van der Waals surface area contributed by atoms with Gasteiger partial charge in [-0.1, -0.05) is 42.5 Å². The fraction of sp³-hybridized carbons (Fsp3) is 0.346. The van der Waals surface area contributed by atoms with Crippen LogP contribution in [0.4, 0.5) is 0 Å². The minimum atomic E-state index is -0.535. The lowest BCUT2D eigenvalue weighted by atomic mass is 9.96. The summed E-state index contributed by atoms with van der Waals surface area (Å²) in [4.78, 5) is 34.7. The number of hydrogen-bond acceptors (Lipinski definition) is 4. The summed E-state index contributed by atoms with van der Waals surface area (Å²) >= 11 is 0. The summed E-state index contributed by atoms with van der Waals surface area (Å²) in [5.41, 5.74) is 8.45. The highest BCUT2D eigenvalue weighted by Crippen LogP contribution is 2.29. The Balaban J connectivity index is 1.42. The second-order valence-electron chi connectivity index (χ2n) is 8.33. The van der Waals surface area contributed by atoms with Gasteiger partial charge in [-0.25, -0.2) is 4.98 Å². The van der Waals surface area contributed by atoms with E-state index < -0.39 is 5.91 Å². The standard InChI is InChI=1S/C26H30N4O3/c1-2-33-21-13-10-18(11-14-21)12-15-22(31)30-16-6-9-20(17-30)26-28-23(24(29-26)25(27)32)19-7-4-3-5-8-19/h3-5,7-8,10-11,13-14,20H,2,6,9,12,15-17H2,1H3,(H2,27,32)(H,28,29). The van der Waals surface area contributed by atoms with Crippen molar-refractivity contribution in [3.8, 4) is 17.0 Å². The molecule has 1 aliphatic heterocycles. The van der Waals surface area contributed by atoms with E-state index in [4.69, 9.17) is 15.5 Å². The smallest absolute Gasteiger partial charge is 0.267 e. The third-order valence-electron chi connectivity index (χ3n) is 6.04. The van der Waals surface area contributed by atoms with Crippen LogP contribution in [0.2, 0.25) is 0 Å². The van der Waals surface area contributed by atoms with Gasteiger partial charge in [0.25, 0.3) is 5.91 Å². The fourth-order valence-electron chi connectivity index (χ4n) is 4.32. The third-order valence-corrected chi connectivity index (χ3v) is 6.04. The first-order valence-electron chi connectivity index (χ1n) is 11.5. The van der Waals surface area contributed by atoms with Gasteiger partial charge >= 0.3 is 0 Å². The summed E-state index contributed by atoms with van der Waals surface area (Å²) in [5, 5.41) is 0. The second kappa shape index (κ2) is 10.3. The molecule has 0 saturated carbocycles. The predicted molar refractivity (Wildman–Crippen MR) is 127 cm³/mol. The van der Waals surface area contributed by atoms with Crippen LogP contribution in [-0.4, -0.2) is 46.4 Å². The van der Waals surface area contributed by atoms with Gasteiger partial charge in [-0.3, -0.25) is 9.59 Å². The van der Waals surface area contributed by atoms with Crippen molar-refractivity contribution in [3.63, 3.8) is 0 Å². The zero-order chi connectivity index (χ0) is 23.2. The SMILES string of the molecule is CCOc1ccc(CCC(=O)N2CCCC(c3nc(-c4ccccc4)c(C(N)=O)[nH]3)C2)cc1. The van der Waals surface area contributed by atoms with Gasteiger partial charge in [-0.05, 0) is 43.9 Å². The molecule has 0 radical (unpaired) electrons. The molecule has 0 bridgehead atoms. The molecule has 33 heavy (non-hydrogen) atoms. The number of ether oxygens (including phenoxy) is 1. The van der Waals surface area contributed by atoms with Crippen molar-refractivity contribution in [2.75, 3.05) is 19.7 Å². The van der Waals surface area contributed by atoms with E-state index in [1.54, 1.807) is 0 Å². The number of nitrogens with one attached hydrogen (secondary N) is 1. The number of imidazole rings is 1. The number of carbonyl (C=O) groups excluding carboxylic acids is 2. The number of aromatic nitrogens is 2. The Morgan fingerprint density at radius 2 is 1.91 bits per heavy atom. The van der Waals surface area contributed by atoms with E-state index in [0.717, 1.165) is 36.3 Å². The molecule has 172 valence electrons. The van der Waals surface area contributed by atoms with Gasteiger partial charge in [0.05, 0.1) is 6.61 Å². The number of aromatic amines is 1. The Morgan fingerprint density at radius 3 is 2.61 bits per heavy atom. The van der Waals surface area contributed by atoms with Crippen LogP contribution >= 0.6 is 0 Å². The highest BCUT2D eigenvalue weighted by Gasteiger charge is 2.28. The lowest BCUT2D eigenvalue weighted by Crippen LogP contribution is -2.39. The van der Waals surface area contributed by atoms with Crippen molar-refractivity contribution in [3.05, 3.63) is 71.7 Å². The maximum atomic E-state index is 12.9. The van der Waals surface area contributed by atoms with Gasteiger partial charge in [0, 0.05) is 31.0 Å². The molecule has 1 aromatic heterocycles. The highest BCUT2D eigenvalue weighted by molar-refractivity contribution is 5.97. The van der Waals surface area contributed by atoms with Crippen molar-refractivity contribution in [1.29, 1.82) is 0 Å². The normalized spacial score (nSPS) is 15.9. The molecule has 3 aromatic rings. The van der Waals surface area contributed by atoms with E-state index in [2.05, 4.69) is 4.98 Å². The van der Waals surface area contributed by atoms with Crippen LogP contribution in [0.15, 0.2) is 54.6 Å². The molecule has 0 aliphatic carbocycles. The third kappa shape index (κ3) is 5.42. The van der Waals surface area contributed by atoms with Crippen LogP contribution in [0.25, 0.3) is 11.3 Å². The Kier molecular flexibility index (Phi) is 7.07. The molecule has 2 amide bonds. The number of aryl methyl sites for hydroxylation is 1. The van der Waals surface area contributed by atoms with Gasteiger partial charge in [-0.15, -0.1) is 0 Å². The summed E-state index contributed by atoms with van der Waals surface area (Å²) in [7, 11) is 0. The van der Waals surface area contributed by atoms with Crippen LogP contribution in [-0.2, 0) is 11.2 Å². The Hall–Kier alpha value is -3.61. The van der Waals surface area contributed by atoms with Crippen LogP contribution in [0.5, 0.6) is 5.75 Å². The van der Waals surface area contributed by atoms with Gasteiger partial charge in [0.1, 0.15) is 23.0 Å². The lowest BCUT2D eigenvalue weighted by Gasteiger charge is -2.32. The molecule has 1 unspecified atom stereocenters. The Morgan fingerprint density at radius 1 is 1.15 bits per heavy atom. The first-order valence-corrected chi connectivity index (χ1v) is 11.5. The van der Waals surface area contributed by atoms with Gasteiger partial charge in [-0.2, -0.15) is 0 Å². The maximum absolute atomic E-state index is 12.9. The van der Waals surface area contributed by atoms with E-state index in [1.807, 2.05) is 66.4 Å². The monoisotopic (exact) mass is 446 g/mol. The van der Waals surface area contributed by atoms with E-state index in [-0.39, 0.29) is 11.8 Å². The fourth-order valence-corrected chi connectivity index (χ4v) is 4.32. The van der Waals surface area contributed by atoms with Crippen molar-refractivity contribution in [1.82, 2.24) is 14.9 Å². The zero-order valence-electron chi connectivity index (χ0n) is 18.9. The van der Waals surface area contributed by atoms with Crippen LogP contribution < -0.4 is 10.5 Å². The number of H-pyrrole nitrogens is 1. The predicted octanol–water partition coefficient (Wildman–Crippen LogP) is 3.91. The number of likely N-dealkylation sites (tertiary alicyclic amines) is 1. The minimum Gasteiger partial charge on any atom is -0.494 e. The van der Waals surface area contributed by atoms with E-state index >= 15 is 0 Å². The van der Waals surface area contributed by atoms with Crippen molar-refractivity contribution >= 4 is 11.8 Å². The molecule has 1 fully saturated rings. The largest absolute Gasteiger partial charge is 0.494 e. The summed E-state index contributed by atoms with van der Waals surface area (Å²) < 4.78 is 5.48. The Bertz CT molecular complexity index is 1090. The molecular weight excluding hydrogens is 416 g/mol. The summed E-state index contributed by atoms with van der Waals surface area (Å²) in [5.74, 6) is 1.20. The van der Waals surface area contributed by atoms with Crippen molar-refractivity contribution in [2.45, 2.75) is 38.5 Å². The van der Waals surface area contributed by atoms with Gasteiger partial charge in [0.15, 0.2) is 0 Å². The highest BCUT2D eigenvalue weighted by atomic mass is 16.5. The summed E-state index contributed by atoms with van der Waals surface area (Å²) in [6.45, 7) is 3.92. The number of rotatable bonds is 8. The molecule has 2 heterocycles. The molecule has 2 aromatic carbocycles. The molecule has 1 aliphatic rings. The number of nitrogens with zero attached hydrogens (tertiary/aromatic N) is 2. The average Bonchev–Trinajstić information content (AvgIpc) is 3.30. The number of nitrogens with two attached hydrogens (primary N) is 1. The molecule has 1 atom stereocenters. The first kappa shape index (κ1) is 22.6. The van der Waals surface area contributed by atoms with E-state index in [9.17, 15) is 9.59 Å².